The molecular formula is C12H18Cl2N4O. The summed E-state index contributed by atoms with van der Waals surface area (Å²) in [4.78, 5) is 16.2. The molecule has 1 amide bonds. The van der Waals surface area contributed by atoms with Crippen LogP contribution in [0.2, 0.25) is 10.3 Å². The van der Waals surface area contributed by atoms with E-state index < -0.39 is 0 Å². The zero-order valence-electron chi connectivity index (χ0n) is 11.5. The molecule has 0 spiro atoms. The van der Waals surface area contributed by atoms with Crippen LogP contribution in [0.15, 0.2) is 6.07 Å². The molecule has 0 aliphatic carbocycles. The van der Waals surface area contributed by atoms with E-state index in [2.05, 4.69) is 10.2 Å². The standard InChI is InChI=1S/C12H18Cl2N4O/c1-5-18(8(2)7-17(3)4)12(19)9-6-10(13)15-16-11(9)14/h6,8H,5,7H2,1-4H3. The van der Waals surface area contributed by atoms with E-state index in [-0.39, 0.29) is 27.8 Å². The molecular weight excluding hydrogens is 287 g/mol. The van der Waals surface area contributed by atoms with E-state index in [9.17, 15) is 4.79 Å². The fourth-order valence-corrected chi connectivity index (χ4v) is 2.26. The van der Waals surface area contributed by atoms with Crippen LogP contribution in [0.25, 0.3) is 0 Å². The molecule has 106 valence electrons. The van der Waals surface area contributed by atoms with Crippen molar-refractivity contribution in [1.82, 2.24) is 20.0 Å². The SMILES string of the molecule is CCN(C(=O)c1cc(Cl)nnc1Cl)C(C)CN(C)C. The van der Waals surface area contributed by atoms with Crippen molar-refractivity contribution in [2.24, 2.45) is 0 Å². The summed E-state index contributed by atoms with van der Waals surface area (Å²) in [6, 6.07) is 1.51. The summed E-state index contributed by atoms with van der Waals surface area (Å²) >= 11 is 11.7. The summed E-state index contributed by atoms with van der Waals surface area (Å²) in [5, 5.41) is 7.50. The number of carbonyl (C=O) groups is 1. The molecule has 1 aromatic rings. The van der Waals surface area contributed by atoms with E-state index in [0.717, 1.165) is 6.54 Å². The highest BCUT2D eigenvalue weighted by Gasteiger charge is 2.23. The van der Waals surface area contributed by atoms with Gasteiger partial charge in [-0.2, -0.15) is 0 Å². The third-order valence-electron chi connectivity index (χ3n) is 2.71. The van der Waals surface area contributed by atoms with Gasteiger partial charge in [0.05, 0.1) is 5.56 Å². The molecule has 1 unspecified atom stereocenters. The number of rotatable bonds is 5. The molecule has 1 rings (SSSR count). The topological polar surface area (TPSA) is 49.3 Å². The van der Waals surface area contributed by atoms with Gasteiger partial charge in [-0.05, 0) is 34.0 Å². The van der Waals surface area contributed by atoms with E-state index in [1.54, 1.807) is 4.90 Å². The summed E-state index contributed by atoms with van der Waals surface area (Å²) in [5.74, 6) is -0.182. The number of hydrogen-bond acceptors (Lipinski definition) is 4. The second kappa shape index (κ2) is 7.03. The highest BCUT2D eigenvalue weighted by Crippen LogP contribution is 2.18. The number of hydrogen-bond donors (Lipinski definition) is 0. The third-order valence-corrected chi connectivity index (χ3v) is 3.18. The van der Waals surface area contributed by atoms with Crippen molar-refractivity contribution >= 4 is 29.1 Å². The minimum absolute atomic E-state index is 0.0653. The van der Waals surface area contributed by atoms with Gasteiger partial charge < -0.3 is 9.80 Å². The largest absolute Gasteiger partial charge is 0.335 e. The molecule has 5 nitrogen and oxygen atoms in total. The number of aromatic nitrogens is 2. The lowest BCUT2D eigenvalue weighted by Crippen LogP contribution is -2.43. The first-order valence-corrected chi connectivity index (χ1v) is 6.76. The molecule has 0 fully saturated rings. The molecule has 7 heteroatoms. The van der Waals surface area contributed by atoms with Gasteiger partial charge in [-0.1, -0.05) is 23.2 Å². The van der Waals surface area contributed by atoms with Gasteiger partial charge >= 0.3 is 0 Å². The molecule has 0 saturated heterocycles. The Morgan fingerprint density at radius 2 is 2.00 bits per heavy atom. The van der Waals surface area contributed by atoms with E-state index in [1.807, 2.05) is 32.8 Å². The van der Waals surface area contributed by atoms with Crippen LogP contribution in [0.1, 0.15) is 24.2 Å². The number of carbonyl (C=O) groups excluding carboxylic acids is 1. The molecule has 1 aromatic heterocycles. The van der Waals surface area contributed by atoms with Crippen molar-refractivity contribution in [2.75, 3.05) is 27.2 Å². The lowest BCUT2D eigenvalue weighted by molar-refractivity contribution is 0.0678. The average molecular weight is 305 g/mol. The molecule has 19 heavy (non-hydrogen) atoms. The Balaban J connectivity index is 2.98. The number of halogens is 2. The first kappa shape index (κ1) is 16.1. The minimum Gasteiger partial charge on any atom is -0.335 e. The summed E-state index contributed by atoms with van der Waals surface area (Å²) in [5.41, 5.74) is 0.286. The molecule has 0 radical (unpaired) electrons. The first-order valence-electron chi connectivity index (χ1n) is 6.01. The normalized spacial score (nSPS) is 12.6. The van der Waals surface area contributed by atoms with Gasteiger partial charge in [0.2, 0.25) is 0 Å². The molecule has 1 atom stereocenters. The molecule has 0 N–H and O–H groups in total. The van der Waals surface area contributed by atoms with Gasteiger partial charge in [0.15, 0.2) is 10.3 Å². The Morgan fingerprint density at radius 3 is 2.53 bits per heavy atom. The van der Waals surface area contributed by atoms with Crippen LogP contribution in [0.3, 0.4) is 0 Å². The van der Waals surface area contributed by atoms with Gasteiger partial charge in [0.25, 0.3) is 5.91 Å². The van der Waals surface area contributed by atoms with Crippen molar-refractivity contribution in [3.05, 3.63) is 21.9 Å². The summed E-state index contributed by atoms with van der Waals surface area (Å²) < 4.78 is 0. The van der Waals surface area contributed by atoms with Crippen LogP contribution in [-0.4, -0.2) is 59.1 Å². The van der Waals surface area contributed by atoms with Gasteiger partial charge in [0.1, 0.15) is 0 Å². The van der Waals surface area contributed by atoms with E-state index >= 15 is 0 Å². The zero-order chi connectivity index (χ0) is 14.6. The first-order chi connectivity index (χ1) is 8.86. The van der Waals surface area contributed by atoms with Gasteiger partial charge in [-0.15, -0.1) is 10.2 Å². The van der Waals surface area contributed by atoms with E-state index in [1.165, 1.54) is 6.07 Å². The fourth-order valence-electron chi connectivity index (χ4n) is 1.94. The Labute approximate surface area is 123 Å². The van der Waals surface area contributed by atoms with Crippen LogP contribution < -0.4 is 0 Å². The second-order valence-electron chi connectivity index (χ2n) is 4.57. The van der Waals surface area contributed by atoms with Crippen molar-refractivity contribution in [2.45, 2.75) is 19.9 Å². The molecule has 0 bridgehead atoms. The number of nitrogens with zero attached hydrogens (tertiary/aromatic N) is 4. The van der Waals surface area contributed by atoms with Crippen LogP contribution in [0.4, 0.5) is 0 Å². The van der Waals surface area contributed by atoms with E-state index in [0.29, 0.717) is 6.54 Å². The lowest BCUT2D eigenvalue weighted by Gasteiger charge is -2.30. The summed E-state index contributed by atoms with van der Waals surface area (Å²) in [6.07, 6.45) is 0. The second-order valence-corrected chi connectivity index (χ2v) is 5.32. The van der Waals surface area contributed by atoms with Crippen LogP contribution in [0.5, 0.6) is 0 Å². The monoisotopic (exact) mass is 304 g/mol. The molecule has 0 aromatic carbocycles. The highest BCUT2D eigenvalue weighted by molar-refractivity contribution is 6.34. The maximum atomic E-state index is 12.5. The highest BCUT2D eigenvalue weighted by atomic mass is 35.5. The fraction of sp³-hybridized carbons (Fsp3) is 0.583. The van der Waals surface area contributed by atoms with Crippen molar-refractivity contribution in [3.63, 3.8) is 0 Å². The lowest BCUT2D eigenvalue weighted by atomic mass is 10.2. The number of amides is 1. The van der Waals surface area contributed by atoms with Gasteiger partial charge in [-0.25, -0.2) is 0 Å². The van der Waals surface area contributed by atoms with Gasteiger partial charge in [-0.3, -0.25) is 4.79 Å². The molecule has 0 aliphatic rings. The maximum Gasteiger partial charge on any atom is 0.257 e. The van der Waals surface area contributed by atoms with Gasteiger partial charge in [0, 0.05) is 19.1 Å². The van der Waals surface area contributed by atoms with E-state index in [4.69, 9.17) is 23.2 Å². The minimum atomic E-state index is -0.182. The van der Waals surface area contributed by atoms with Crippen molar-refractivity contribution in [3.8, 4) is 0 Å². The quantitative estimate of drug-likeness (QED) is 0.837. The van der Waals surface area contributed by atoms with Crippen LogP contribution >= 0.6 is 23.2 Å². The Kier molecular flexibility index (Phi) is 5.97. The smallest absolute Gasteiger partial charge is 0.257 e. The Hall–Kier alpha value is -0.910. The Bertz CT molecular complexity index is 453. The molecule has 1 heterocycles. The summed E-state index contributed by atoms with van der Waals surface area (Å²) in [7, 11) is 3.93. The zero-order valence-corrected chi connectivity index (χ0v) is 13.0. The number of likely N-dealkylation sites (N-methyl/N-ethyl adjacent to an activating group) is 2. The van der Waals surface area contributed by atoms with Crippen LogP contribution in [-0.2, 0) is 0 Å². The Morgan fingerprint density at radius 1 is 1.37 bits per heavy atom. The van der Waals surface area contributed by atoms with Crippen molar-refractivity contribution < 1.29 is 4.79 Å². The maximum absolute atomic E-state index is 12.5. The third kappa shape index (κ3) is 4.30. The van der Waals surface area contributed by atoms with Crippen molar-refractivity contribution in [1.29, 1.82) is 0 Å². The summed E-state index contributed by atoms with van der Waals surface area (Å²) in [6.45, 7) is 5.27. The predicted molar refractivity (Wildman–Crippen MR) is 76.8 cm³/mol. The average Bonchev–Trinajstić information content (AvgIpc) is 2.32. The molecule has 0 saturated carbocycles. The van der Waals surface area contributed by atoms with Crippen LogP contribution in [0, 0.1) is 0 Å². The molecule has 0 aliphatic heterocycles. The predicted octanol–water partition coefficient (Wildman–Crippen LogP) is 2.20.